The maximum absolute atomic E-state index is 13.0. The van der Waals surface area contributed by atoms with E-state index in [1.54, 1.807) is 18.5 Å². The second-order valence-corrected chi connectivity index (χ2v) is 4.81. The number of anilines is 1. The summed E-state index contributed by atoms with van der Waals surface area (Å²) >= 11 is 0. The number of rotatable bonds is 2. The first-order valence-corrected chi connectivity index (χ1v) is 6.07. The van der Waals surface area contributed by atoms with Crippen LogP contribution in [0.1, 0.15) is 31.2 Å². The third kappa shape index (κ3) is 3.03. The topological polar surface area (TPSA) is 42.0 Å². The molecule has 1 N–H and O–H groups in total. The van der Waals surface area contributed by atoms with E-state index in [-0.39, 0.29) is 37.5 Å². The van der Waals surface area contributed by atoms with E-state index in [4.69, 9.17) is 0 Å². The molecule has 0 radical (unpaired) electrons. The number of aryl methyl sites for hydroxylation is 1. The van der Waals surface area contributed by atoms with Gasteiger partial charge in [-0.1, -0.05) is 0 Å². The van der Waals surface area contributed by atoms with Crippen LogP contribution >= 0.6 is 0 Å². The molecule has 1 amide bonds. The van der Waals surface area contributed by atoms with Crippen LogP contribution in [0.5, 0.6) is 0 Å². The average molecular weight is 254 g/mol. The molecule has 18 heavy (non-hydrogen) atoms. The van der Waals surface area contributed by atoms with Crippen LogP contribution < -0.4 is 5.32 Å². The summed E-state index contributed by atoms with van der Waals surface area (Å²) in [6, 6.07) is 1.80. The molecule has 1 aliphatic rings. The van der Waals surface area contributed by atoms with E-state index < -0.39 is 5.92 Å². The van der Waals surface area contributed by atoms with Gasteiger partial charge in [0.25, 0.3) is 0 Å². The molecule has 0 bridgehead atoms. The Morgan fingerprint density at radius 3 is 2.72 bits per heavy atom. The molecule has 0 spiro atoms. The van der Waals surface area contributed by atoms with E-state index in [9.17, 15) is 13.6 Å². The highest BCUT2D eigenvalue weighted by atomic mass is 19.3. The van der Waals surface area contributed by atoms with Crippen LogP contribution in [-0.2, 0) is 4.79 Å². The van der Waals surface area contributed by atoms with E-state index >= 15 is 0 Å². The van der Waals surface area contributed by atoms with Crippen molar-refractivity contribution in [2.75, 3.05) is 5.32 Å². The van der Waals surface area contributed by atoms with Crippen LogP contribution in [0, 0.1) is 12.8 Å². The fourth-order valence-electron chi connectivity index (χ4n) is 2.13. The smallest absolute Gasteiger partial charge is 0.248 e. The summed E-state index contributed by atoms with van der Waals surface area (Å²) in [5.74, 6) is -3.09. The third-order valence-electron chi connectivity index (χ3n) is 3.38. The standard InChI is InChI=1S/C13H16F2N2O/c1-9-4-7-16-8-11(9)17-12(18)10-2-5-13(14,15)6-3-10/h4,7-8,10H,2-3,5-6H2,1H3,(H,17,18). The van der Waals surface area contributed by atoms with E-state index in [0.29, 0.717) is 5.69 Å². The number of nitrogens with one attached hydrogen (secondary N) is 1. The Kier molecular flexibility index (Phi) is 3.59. The molecule has 1 fully saturated rings. The zero-order valence-electron chi connectivity index (χ0n) is 10.2. The van der Waals surface area contributed by atoms with Gasteiger partial charge in [-0.2, -0.15) is 0 Å². The number of pyridine rings is 1. The molecule has 1 aromatic rings. The lowest BCUT2D eigenvalue weighted by Gasteiger charge is -2.27. The Morgan fingerprint density at radius 1 is 1.44 bits per heavy atom. The van der Waals surface area contributed by atoms with Gasteiger partial charge in [0, 0.05) is 25.0 Å². The molecule has 1 saturated carbocycles. The highest BCUT2D eigenvalue weighted by molar-refractivity contribution is 5.93. The summed E-state index contributed by atoms with van der Waals surface area (Å²) in [5, 5.41) is 2.76. The molecule has 1 aliphatic carbocycles. The molecule has 1 heterocycles. The summed E-state index contributed by atoms with van der Waals surface area (Å²) in [4.78, 5) is 15.9. The third-order valence-corrected chi connectivity index (χ3v) is 3.38. The second-order valence-electron chi connectivity index (χ2n) is 4.81. The van der Waals surface area contributed by atoms with Crippen molar-refractivity contribution < 1.29 is 13.6 Å². The molecule has 2 rings (SSSR count). The minimum atomic E-state index is -2.60. The number of nitrogens with zero attached hydrogens (tertiary/aromatic N) is 1. The van der Waals surface area contributed by atoms with E-state index in [0.717, 1.165) is 5.56 Å². The fourth-order valence-corrected chi connectivity index (χ4v) is 2.13. The van der Waals surface area contributed by atoms with Crippen LogP contribution in [0.2, 0.25) is 0 Å². The van der Waals surface area contributed by atoms with Crippen LogP contribution in [-0.4, -0.2) is 16.8 Å². The van der Waals surface area contributed by atoms with Crippen molar-refractivity contribution in [3.63, 3.8) is 0 Å². The molecule has 0 atom stereocenters. The van der Waals surface area contributed by atoms with Gasteiger partial charge in [0.1, 0.15) is 0 Å². The first-order chi connectivity index (χ1) is 8.48. The predicted octanol–water partition coefficient (Wildman–Crippen LogP) is 3.15. The van der Waals surface area contributed by atoms with Gasteiger partial charge in [0.15, 0.2) is 0 Å². The molecule has 0 aromatic carbocycles. The summed E-state index contributed by atoms with van der Waals surface area (Å²) in [5.41, 5.74) is 1.57. The first kappa shape index (κ1) is 12.9. The van der Waals surface area contributed by atoms with E-state index in [1.807, 2.05) is 6.92 Å². The minimum absolute atomic E-state index is 0.179. The quantitative estimate of drug-likeness (QED) is 0.880. The summed E-state index contributed by atoms with van der Waals surface area (Å²) < 4.78 is 26.0. The average Bonchev–Trinajstić information content (AvgIpc) is 2.32. The number of halogens is 2. The molecule has 3 nitrogen and oxygen atoms in total. The van der Waals surface area contributed by atoms with Crippen LogP contribution in [0.4, 0.5) is 14.5 Å². The number of hydrogen-bond acceptors (Lipinski definition) is 2. The Morgan fingerprint density at radius 2 is 2.11 bits per heavy atom. The van der Waals surface area contributed by atoms with Gasteiger partial charge in [-0.3, -0.25) is 9.78 Å². The molecule has 5 heteroatoms. The van der Waals surface area contributed by atoms with Gasteiger partial charge in [-0.05, 0) is 31.4 Å². The number of alkyl halides is 2. The van der Waals surface area contributed by atoms with Crippen molar-refractivity contribution in [1.82, 2.24) is 4.98 Å². The van der Waals surface area contributed by atoms with Crippen molar-refractivity contribution in [3.8, 4) is 0 Å². The maximum atomic E-state index is 13.0. The van der Waals surface area contributed by atoms with Crippen LogP contribution in [0.25, 0.3) is 0 Å². The van der Waals surface area contributed by atoms with Crippen molar-refractivity contribution >= 4 is 11.6 Å². The van der Waals surface area contributed by atoms with Gasteiger partial charge in [0.2, 0.25) is 11.8 Å². The number of carbonyl (C=O) groups excluding carboxylic acids is 1. The molecule has 0 unspecified atom stereocenters. The summed E-state index contributed by atoms with van der Waals surface area (Å²) in [6.07, 6.45) is 3.32. The zero-order valence-corrected chi connectivity index (χ0v) is 10.2. The minimum Gasteiger partial charge on any atom is -0.324 e. The lowest BCUT2D eigenvalue weighted by atomic mass is 9.86. The van der Waals surface area contributed by atoms with Crippen molar-refractivity contribution in [2.45, 2.75) is 38.5 Å². The Hall–Kier alpha value is -1.52. The molecular formula is C13H16F2N2O. The highest BCUT2D eigenvalue weighted by Crippen LogP contribution is 2.36. The molecular weight excluding hydrogens is 238 g/mol. The number of amides is 1. The predicted molar refractivity (Wildman–Crippen MR) is 64.5 cm³/mol. The van der Waals surface area contributed by atoms with Gasteiger partial charge in [0.05, 0.1) is 11.9 Å². The van der Waals surface area contributed by atoms with E-state index in [2.05, 4.69) is 10.3 Å². The number of carbonyl (C=O) groups is 1. The van der Waals surface area contributed by atoms with Crippen molar-refractivity contribution in [2.24, 2.45) is 5.92 Å². The molecule has 0 aliphatic heterocycles. The molecule has 0 saturated heterocycles. The Balaban J connectivity index is 1.95. The number of hydrogen-bond donors (Lipinski definition) is 1. The van der Waals surface area contributed by atoms with Gasteiger partial charge in [-0.25, -0.2) is 8.78 Å². The van der Waals surface area contributed by atoms with Gasteiger partial charge >= 0.3 is 0 Å². The van der Waals surface area contributed by atoms with Crippen molar-refractivity contribution in [1.29, 1.82) is 0 Å². The van der Waals surface area contributed by atoms with Crippen molar-refractivity contribution in [3.05, 3.63) is 24.0 Å². The van der Waals surface area contributed by atoms with Crippen LogP contribution in [0.3, 0.4) is 0 Å². The van der Waals surface area contributed by atoms with E-state index in [1.165, 1.54) is 0 Å². The largest absolute Gasteiger partial charge is 0.324 e. The lowest BCUT2D eigenvalue weighted by molar-refractivity contribution is -0.124. The maximum Gasteiger partial charge on any atom is 0.248 e. The molecule has 1 aromatic heterocycles. The normalized spacial score (nSPS) is 19.5. The molecule has 98 valence electrons. The van der Waals surface area contributed by atoms with Gasteiger partial charge in [-0.15, -0.1) is 0 Å². The summed E-state index contributed by atoms with van der Waals surface area (Å²) in [7, 11) is 0. The fraction of sp³-hybridized carbons (Fsp3) is 0.538. The zero-order chi connectivity index (χ0) is 13.2. The first-order valence-electron chi connectivity index (χ1n) is 6.07. The van der Waals surface area contributed by atoms with Gasteiger partial charge < -0.3 is 5.32 Å². The monoisotopic (exact) mass is 254 g/mol. The second kappa shape index (κ2) is 5.00. The Bertz CT molecular complexity index is 438. The number of aromatic nitrogens is 1. The lowest BCUT2D eigenvalue weighted by Crippen LogP contribution is -2.32. The SMILES string of the molecule is Cc1ccncc1NC(=O)C1CCC(F)(F)CC1. The Labute approximate surface area is 105 Å². The summed E-state index contributed by atoms with van der Waals surface area (Å²) in [6.45, 7) is 1.87. The highest BCUT2D eigenvalue weighted by Gasteiger charge is 2.37. The van der Waals surface area contributed by atoms with Crippen LogP contribution in [0.15, 0.2) is 18.5 Å².